The van der Waals surface area contributed by atoms with Crippen LogP contribution in [0.4, 0.5) is 19.0 Å². The van der Waals surface area contributed by atoms with E-state index >= 15 is 0 Å². The third-order valence-electron chi connectivity index (χ3n) is 1.89. The number of alkyl halides is 3. The van der Waals surface area contributed by atoms with Gasteiger partial charge in [0, 0.05) is 6.20 Å². The van der Waals surface area contributed by atoms with Crippen molar-refractivity contribution in [2.75, 3.05) is 5.32 Å². The molecule has 0 radical (unpaired) electrons. The van der Waals surface area contributed by atoms with Gasteiger partial charge in [-0.2, -0.15) is 13.2 Å². The van der Waals surface area contributed by atoms with Gasteiger partial charge in [-0.25, -0.2) is 4.98 Å². The molecule has 2 nitrogen and oxygen atoms in total. The molecule has 1 heterocycles. The van der Waals surface area contributed by atoms with Gasteiger partial charge in [-0.3, -0.25) is 0 Å². The number of nitrogens with zero attached hydrogens (tertiary/aromatic N) is 1. The maximum Gasteiger partial charge on any atom is 0.416 e. The molecule has 1 aromatic rings. The Bertz CT molecular complexity index is 416. The Morgan fingerprint density at radius 2 is 2.00 bits per heavy atom. The Hall–Kier alpha value is -1.70. The zero-order valence-electron chi connectivity index (χ0n) is 8.89. The van der Waals surface area contributed by atoms with Crippen molar-refractivity contribution in [3.05, 3.63) is 23.9 Å². The van der Waals surface area contributed by atoms with E-state index in [0.29, 0.717) is 0 Å². The van der Waals surface area contributed by atoms with E-state index in [1.54, 1.807) is 13.8 Å². The van der Waals surface area contributed by atoms with Crippen LogP contribution in [0.5, 0.6) is 0 Å². The normalized spacial score (nSPS) is 12.0. The summed E-state index contributed by atoms with van der Waals surface area (Å²) < 4.78 is 37.2. The fourth-order valence-electron chi connectivity index (χ4n) is 1.03. The number of nitrogens with one attached hydrogen (secondary N) is 1. The summed E-state index contributed by atoms with van der Waals surface area (Å²) in [6.45, 7) is 3.35. The zero-order valence-corrected chi connectivity index (χ0v) is 8.89. The van der Waals surface area contributed by atoms with Crippen LogP contribution >= 0.6 is 0 Å². The molecule has 1 aromatic heterocycles. The third kappa shape index (κ3) is 3.16. The van der Waals surface area contributed by atoms with E-state index in [1.165, 1.54) is 0 Å². The molecule has 1 N–H and O–H groups in total. The lowest BCUT2D eigenvalue weighted by molar-refractivity contribution is -0.137. The first-order valence-corrected chi connectivity index (χ1v) is 4.54. The summed E-state index contributed by atoms with van der Waals surface area (Å²) in [6, 6.07) is 1.84. The number of halogens is 3. The van der Waals surface area contributed by atoms with E-state index in [9.17, 15) is 13.2 Å². The van der Waals surface area contributed by atoms with Crippen LogP contribution in [-0.2, 0) is 6.18 Å². The summed E-state index contributed by atoms with van der Waals surface area (Å²) in [4.78, 5) is 3.78. The molecule has 0 saturated carbocycles. The molecule has 5 heteroatoms. The molecule has 0 fully saturated rings. The van der Waals surface area contributed by atoms with Gasteiger partial charge in [0.2, 0.25) is 0 Å². The molecule has 0 spiro atoms. The maximum atomic E-state index is 12.4. The first-order chi connectivity index (χ1) is 7.24. The molecule has 0 saturated heterocycles. The molecular weight excluding hydrogens is 217 g/mol. The van der Waals surface area contributed by atoms with Gasteiger partial charge >= 0.3 is 6.18 Å². The highest BCUT2D eigenvalue weighted by atomic mass is 19.4. The third-order valence-corrected chi connectivity index (χ3v) is 1.89. The molecule has 16 heavy (non-hydrogen) atoms. The molecule has 1 rings (SSSR count). The quantitative estimate of drug-likeness (QED) is 0.787. The smallest absolute Gasteiger partial charge is 0.354 e. The highest BCUT2D eigenvalue weighted by molar-refractivity contribution is 5.43. The number of aromatic nitrogens is 1. The number of hydrogen-bond acceptors (Lipinski definition) is 2. The molecule has 0 unspecified atom stereocenters. The largest absolute Gasteiger partial charge is 0.416 e. The van der Waals surface area contributed by atoms with Crippen LogP contribution in [0.3, 0.4) is 0 Å². The van der Waals surface area contributed by atoms with Crippen molar-refractivity contribution >= 4 is 5.82 Å². The lowest BCUT2D eigenvalue weighted by Gasteiger charge is -2.20. The minimum Gasteiger partial charge on any atom is -0.354 e. The van der Waals surface area contributed by atoms with Crippen molar-refractivity contribution in [1.82, 2.24) is 4.98 Å². The van der Waals surface area contributed by atoms with Crippen molar-refractivity contribution < 1.29 is 13.2 Å². The van der Waals surface area contributed by atoms with Gasteiger partial charge in [-0.15, -0.1) is 6.42 Å². The summed E-state index contributed by atoms with van der Waals surface area (Å²) in [5, 5.41) is 2.73. The van der Waals surface area contributed by atoms with Crippen LogP contribution in [0.25, 0.3) is 0 Å². The van der Waals surface area contributed by atoms with Crippen LogP contribution < -0.4 is 5.32 Å². The Morgan fingerprint density at radius 1 is 1.38 bits per heavy atom. The van der Waals surface area contributed by atoms with Crippen LogP contribution in [-0.4, -0.2) is 10.5 Å². The topological polar surface area (TPSA) is 24.9 Å². The lowest BCUT2D eigenvalue weighted by atomic mass is 10.1. The van der Waals surface area contributed by atoms with Gasteiger partial charge in [0.15, 0.2) is 0 Å². The van der Waals surface area contributed by atoms with E-state index in [-0.39, 0.29) is 5.82 Å². The summed E-state index contributed by atoms with van der Waals surface area (Å²) in [5.41, 5.74) is -1.49. The van der Waals surface area contributed by atoms with Crippen LogP contribution in [0.1, 0.15) is 19.4 Å². The van der Waals surface area contributed by atoms with Crippen LogP contribution in [0.2, 0.25) is 0 Å². The van der Waals surface area contributed by atoms with Crippen molar-refractivity contribution in [2.45, 2.75) is 25.6 Å². The number of pyridine rings is 1. The van der Waals surface area contributed by atoms with Gasteiger partial charge < -0.3 is 5.32 Å². The maximum absolute atomic E-state index is 12.4. The molecule has 0 amide bonds. The lowest BCUT2D eigenvalue weighted by Crippen LogP contribution is -2.29. The predicted octanol–water partition coefficient (Wildman–Crippen LogP) is 2.92. The van der Waals surface area contributed by atoms with E-state index in [0.717, 1.165) is 18.3 Å². The van der Waals surface area contributed by atoms with Gasteiger partial charge in [0.05, 0.1) is 11.1 Å². The molecule has 0 aliphatic rings. The highest BCUT2D eigenvalue weighted by Crippen LogP contribution is 2.30. The molecular formula is C11H11F3N2. The van der Waals surface area contributed by atoms with Crippen molar-refractivity contribution in [1.29, 1.82) is 0 Å². The first-order valence-electron chi connectivity index (χ1n) is 4.54. The minimum atomic E-state index is -4.38. The van der Waals surface area contributed by atoms with Crippen molar-refractivity contribution in [3.63, 3.8) is 0 Å². The Balaban J connectivity index is 2.97. The Morgan fingerprint density at radius 3 is 2.50 bits per heavy atom. The van der Waals surface area contributed by atoms with Gasteiger partial charge in [-0.05, 0) is 26.0 Å². The average molecular weight is 228 g/mol. The van der Waals surface area contributed by atoms with E-state index in [4.69, 9.17) is 6.42 Å². The zero-order chi connectivity index (χ0) is 12.4. The van der Waals surface area contributed by atoms with Crippen molar-refractivity contribution in [3.8, 4) is 12.3 Å². The van der Waals surface area contributed by atoms with Gasteiger partial charge in [0.25, 0.3) is 0 Å². The van der Waals surface area contributed by atoms with E-state index in [2.05, 4.69) is 16.2 Å². The summed E-state index contributed by atoms with van der Waals surface area (Å²) in [7, 11) is 0. The predicted molar refractivity (Wildman–Crippen MR) is 55.8 cm³/mol. The Labute approximate surface area is 91.9 Å². The molecule has 0 aromatic carbocycles. The fraction of sp³-hybridized carbons (Fsp3) is 0.364. The first kappa shape index (κ1) is 12.4. The molecule has 0 atom stereocenters. The second-order valence-corrected chi connectivity index (χ2v) is 3.82. The number of rotatable bonds is 2. The average Bonchev–Trinajstić information content (AvgIpc) is 2.16. The second-order valence-electron chi connectivity index (χ2n) is 3.82. The highest BCUT2D eigenvalue weighted by Gasteiger charge is 2.31. The monoisotopic (exact) mass is 228 g/mol. The molecule has 0 aliphatic heterocycles. The van der Waals surface area contributed by atoms with Crippen LogP contribution in [0, 0.1) is 12.3 Å². The summed E-state index contributed by atoms with van der Waals surface area (Å²) in [6.07, 6.45) is 1.94. The molecule has 0 bridgehead atoms. The number of anilines is 1. The fourth-order valence-corrected chi connectivity index (χ4v) is 1.03. The molecule has 86 valence electrons. The minimum absolute atomic E-state index is 0.109. The molecule has 0 aliphatic carbocycles. The summed E-state index contributed by atoms with van der Waals surface area (Å²) in [5.74, 6) is 2.52. The second kappa shape index (κ2) is 4.05. The van der Waals surface area contributed by atoms with Crippen LogP contribution in [0.15, 0.2) is 18.3 Å². The standard InChI is InChI=1S/C11H11F3N2/c1-4-10(2,3)16-9-7-8(5-6-15-9)11(12,13)14/h1,5-7H,2-3H3,(H,15,16). The Kier molecular flexibility index (Phi) is 3.13. The van der Waals surface area contributed by atoms with Gasteiger partial charge in [-0.1, -0.05) is 5.92 Å². The van der Waals surface area contributed by atoms with E-state index < -0.39 is 17.3 Å². The summed E-state index contributed by atoms with van der Waals surface area (Å²) >= 11 is 0. The number of terminal acetylenes is 1. The number of hydrogen-bond donors (Lipinski definition) is 1. The van der Waals surface area contributed by atoms with E-state index in [1.807, 2.05) is 0 Å². The van der Waals surface area contributed by atoms with Gasteiger partial charge in [0.1, 0.15) is 5.82 Å². The SMILES string of the molecule is C#CC(C)(C)Nc1cc(C(F)(F)F)ccn1. The van der Waals surface area contributed by atoms with Crippen molar-refractivity contribution in [2.24, 2.45) is 0 Å².